The van der Waals surface area contributed by atoms with Crippen molar-refractivity contribution in [1.29, 1.82) is 0 Å². The molecule has 0 saturated heterocycles. The molecule has 0 radical (unpaired) electrons. The first-order valence-electron chi connectivity index (χ1n) is 3.39. The lowest BCUT2D eigenvalue weighted by atomic mass is 10.1. The van der Waals surface area contributed by atoms with Crippen LogP contribution >= 0.6 is 27.5 Å². The highest BCUT2D eigenvalue weighted by atomic mass is 79.9. The molecule has 1 aromatic rings. The monoisotopic (exact) mass is 248 g/mol. The molecule has 1 rings (SSSR count). The van der Waals surface area contributed by atoms with Gasteiger partial charge in [-0.1, -0.05) is 51.8 Å². The van der Waals surface area contributed by atoms with Crippen LogP contribution in [-0.4, -0.2) is 0 Å². The lowest BCUT2D eigenvalue weighted by Crippen LogP contribution is -1.79. The smallest absolute Gasteiger partial charge is 0.141 e. The molecular weight excluding hydrogens is 242 g/mol. The summed E-state index contributed by atoms with van der Waals surface area (Å²) in [6.45, 7) is 0. The summed E-state index contributed by atoms with van der Waals surface area (Å²) >= 11 is 8.52. The van der Waals surface area contributed by atoms with Crippen molar-refractivity contribution in [3.8, 4) is 0 Å². The highest BCUT2D eigenvalue weighted by Crippen LogP contribution is 2.17. The third-order valence-corrected chi connectivity index (χ3v) is 2.32. The number of rotatable bonds is 2. The minimum atomic E-state index is -0.405. The fraction of sp³-hybridized carbons (Fsp3) is 0.111. The normalized spacial score (nSPS) is 11.8. The van der Waals surface area contributed by atoms with E-state index in [0.717, 1.165) is 16.4 Å². The third kappa shape index (κ3) is 2.32. The largest absolute Gasteiger partial charge is 0.205 e. The van der Waals surface area contributed by atoms with Crippen LogP contribution in [0.4, 0.5) is 4.39 Å². The number of hydrogen-bond donors (Lipinski definition) is 0. The molecule has 3 heteroatoms. The first-order chi connectivity index (χ1) is 5.77. The van der Waals surface area contributed by atoms with Crippen LogP contribution in [0.15, 0.2) is 29.8 Å². The molecule has 0 bridgehead atoms. The molecule has 0 unspecified atom stereocenters. The summed E-state index contributed by atoms with van der Waals surface area (Å²) in [7, 11) is 0. The molecule has 0 aliphatic heterocycles. The van der Waals surface area contributed by atoms with Gasteiger partial charge >= 0.3 is 0 Å². The molecule has 0 saturated carbocycles. The molecule has 0 N–H and O–H groups in total. The topological polar surface area (TPSA) is 0 Å². The van der Waals surface area contributed by atoms with Gasteiger partial charge in [0, 0.05) is 16.4 Å². The van der Waals surface area contributed by atoms with E-state index in [0.29, 0.717) is 5.56 Å². The van der Waals surface area contributed by atoms with E-state index in [9.17, 15) is 4.39 Å². The molecule has 64 valence electrons. The van der Waals surface area contributed by atoms with Crippen molar-refractivity contribution in [3.63, 3.8) is 0 Å². The highest BCUT2D eigenvalue weighted by molar-refractivity contribution is 9.08. The first kappa shape index (κ1) is 9.75. The first-order valence-corrected chi connectivity index (χ1v) is 4.95. The van der Waals surface area contributed by atoms with Gasteiger partial charge in [-0.15, -0.1) is 0 Å². The van der Waals surface area contributed by atoms with E-state index in [4.69, 9.17) is 11.6 Å². The summed E-state index contributed by atoms with van der Waals surface area (Å²) in [6.07, 6.45) is 0. The van der Waals surface area contributed by atoms with Crippen LogP contribution in [0.3, 0.4) is 0 Å². The second kappa shape index (κ2) is 4.63. The van der Waals surface area contributed by atoms with Gasteiger partial charge in [-0.3, -0.25) is 0 Å². The molecule has 0 heterocycles. The van der Waals surface area contributed by atoms with Gasteiger partial charge in [0.15, 0.2) is 0 Å². The number of halogens is 3. The maximum Gasteiger partial charge on any atom is 0.141 e. The van der Waals surface area contributed by atoms with E-state index in [1.165, 1.54) is 0 Å². The van der Waals surface area contributed by atoms with Gasteiger partial charge in [-0.2, -0.15) is 0 Å². The molecule has 0 nitrogen and oxygen atoms in total. The minimum Gasteiger partial charge on any atom is -0.205 e. The maximum absolute atomic E-state index is 12.8. The summed E-state index contributed by atoms with van der Waals surface area (Å²) in [4.78, 5) is 0. The van der Waals surface area contributed by atoms with Crippen LogP contribution in [0.2, 0.25) is 0 Å². The van der Waals surface area contributed by atoms with Crippen molar-refractivity contribution >= 4 is 33.4 Å². The minimum absolute atomic E-state index is 0.405. The van der Waals surface area contributed by atoms with Gasteiger partial charge in [0.25, 0.3) is 0 Å². The predicted octanol–water partition coefficient (Wildman–Crippen LogP) is 4.09. The average molecular weight is 250 g/mol. The Morgan fingerprint density at radius 2 is 2.00 bits per heavy atom. The fourth-order valence-corrected chi connectivity index (χ4v) is 1.32. The van der Waals surface area contributed by atoms with Gasteiger partial charge in [0.05, 0.1) is 0 Å². The van der Waals surface area contributed by atoms with Crippen molar-refractivity contribution in [2.24, 2.45) is 0 Å². The van der Waals surface area contributed by atoms with Crippen LogP contribution in [0.5, 0.6) is 0 Å². The molecule has 0 amide bonds. The zero-order valence-corrected chi connectivity index (χ0v) is 8.57. The number of hydrogen-bond acceptors (Lipinski definition) is 0. The maximum atomic E-state index is 12.8. The van der Waals surface area contributed by atoms with E-state index < -0.39 is 5.83 Å². The van der Waals surface area contributed by atoms with Crippen LogP contribution < -0.4 is 0 Å². The Labute approximate surface area is 84.2 Å². The molecule has 1 aromatic carbocycles. The van der Waals surface area contributed by atoms with Crippen molar-refractivity contribution in [2.45, 2.75) is 5.33 Å². The molecule has 0 atom stereocenters. The summed E-state index contributed by atoms with van der Waals surface area (Å²) in [6, 6.07) is 7.10. The lowest BCUT2D eigenvalue weighted by molar-refractivity contribution is 0.762. The van der Waals surface area contributed by atoms with Crippen molar-refractivity contribution in [2.75, 3.05) is 0 Å². The number of alkyl halides is 1. The van der Waals surface area contributed by atoms with Crippen molar-refractivity contribution < 1.29 is 4.39 Å². The molecule has 12 heavy (non-hydrogen) atoms. The van der Waals surface area contributed by atoms with E-state index in [1.54, 1.807) is 12.1 Å². The van der Waals surface area contributed by atoms with Crippen molar-refractivity contribution in [3.05, 3.63) is 40.9 Å². The SMILES string of the molecule is F/C(=C\Cl)c1ccc(CBr)cc1. The fourth-order valence-electron chi connectivity index (χ4n) is 0.816. The third-order valence-electron chi connectivity index (χ3n) is 1.48. The van der Waals surface area contributed by atoms with Crippen LogP contribution in [-0.2, 0) is 5.33 Å². The zero-order chi connectivity index (χ0) is 8.97. The summed E-state index contributed by atoms with van der Waals surface area (Å²) in [5.41, 5.74) is 2.55. The Morgan fingerprint density at radius 1 is 1.42 bits per heavy atom. The van der Waals surface area contributed by atoms with Gasteiger partial charge < -0.3 is 0 Å². The van der Waals surface area contributed by atoms with Crippen LogP contribution in [0, 0.1) is 0 Å². The molecule has 0 aliphatic carbocycles. The zero-order valence-electron chi connectivity index (χ0n) is 6.23. The quantitative estimate of drug-likeness (QED) is 0.693. The standard InChI is InChI=1S/C9H7BrClF/c10-5-7-1-3-8(4-2-7)9(12)6-11/h1-4,6H,5H2/b9-6-. The molecular formula is C9H7BrClF. The van der Waals surface area contributed by atoms with Crippen molar-refractivity contribution in [1.82, 2.24) is 0 Å². The van der Waals surface area contributed by atoms with Gasteiger partial charge in [-0.05, 0) is 5.56 Å². The Kier molecular flexibility index (Phi) is 3.76. The van der Waals surface area contributed by atoms with E-state index in [-0.39, 0.29) is 0 Å². The highest BCUT2D eigenvalue weighted by Gasteiger charge is 1.98. The van der Waals surface area contributed by atoms with Crippen LogP contribution in [0.1, 0.15) is 11.1 Å². The second-order valence-corrected chi connectivity index (χ2v) is 3.07. The molecule has 0 aromatic heterocycles. The van der Waals surface area contributed by atoms with Gasteiger partial charge in [0.1, 0.15) is 5.83 Å². The summed E-state index contributed by atoms with van der Waals surface area (Å²) in [5, 5.41) is 0.777. The second-order valence-electron chi connectivity index (χ2n) is 2.29. The molecule has 0 aliphatic rings. The van der Waals surface area contributed by atoms with Gasteiger partial charge in [-0.25, -0.2) is 4.39 Å². The summed E-state index contributed by atoms with van der Waals surface area (Å²) in [5.74, 6) is -0.405. The predicted molar refractivity (Wildman–Crippen MR) is 54.0 cm³/mol. The Balaban J connectivity index is 2.92. The average Bonchev–Trinajstić information content (AvgIpc) is 2.17. The van der Waals surface area contributed by atoms with E-state index >= 15 is 0 Å². The number of benzene rings is 1. The van der Waals surface area contributed by atoms with E-state index in [1.807, 2.05) is 12.1 Å². The lowest BCUT2D eigenvalue weighted by Gasteiger charge is -1.97. The van der Waals surface area contributed by atoms with Crippen LogP contribution in [0.25, 0.3) is 5.83 Å². The summed E-state index contributed by atoms with van der Waals surface area (Å²) < 4.78 is 12.8. The molecule has 0 fully saturated rings. The van der Waals surface area contributed by atoms with Gasteiger partial charge in [0.2, 0.25) is 0 Å². The Morgan fingerprint density at radius 3 is 2.42 bits per heavy atom. The Bertz CT molecular complexity index is 279. The molecule has 0 spiro atoms. The Hall–Kier alpha value is -0.340. The van der Waals surface area contributed by atoms with E-state index in [2.05, 4.69) is 15.9 Å².